The maximum Gasteiger partial charge on any atom is 0.338 e. The summed E-state index contributed by atoms with van der Waals surface area (Å²) in [6.07, 6.45) is 0. The number of rotatable bonds is 4. The molecule has 0 saturated heterocycles. The minimum Gasteiger partial charge on any atom is -0.478 e. The SMILES string of the molecule is COC(=O)c1cc(Br)c2ccccc2c1-c1cccc2c1oc1ccccc12.O=C(O)c1cc(Br)c2ccccc2c1-c1cccc2c1oc1ccccc12. The molecule has 8 aromatic carbocycles. The highest BCUT2D eigenvalue weighted by atomic mass is 79.9. The number of halogens is 2. The number of ether oxygens (including phenoxy) is 1. The second-order valence-electron chi connectivity index (χ2n) is 13.0. The topological polar surface area (TPSA) is 89.9 Å². The molecule has 0 amide bonds. The molecule has 2 aromatic heterocycles. The Morgan fingerprint density at radius 3 is 1.33 bits per heavy atom. The second-order valence-corrected chi connectivity index (χ2v) is 14.7. The molecule has 0 aliphatic rings. The average molecular weight is 849 g/mol. The minimum atomic E-state index is -0.968. The summed E-state index contributed by atoms with van der Waals surface area (Å²) in [4.78, 5) is 24.7. The van der Waals surface area contributed by atoms with Gasteiger partial charge in [-0.3, -0.25) is 0 Å². The summed E-state index contributed by atoms with van der Waals surface area (Å²) in [5.74, 6) is -1.35. The Bertz CT molecular complexity index is 3170. The van der Waals surface area contributed by atoms with E-state index >= 15 is 0 Å². The summed E-state index contributed by atoms with van der Waals surface area (Å²) in [6, 6.07) is 47.0. The Morgan fingerprint density at radius 1 is 0.491 bits per heavy atom. The smallest absolute Gasteiger partial charge is 0.338 e. The molecule has 0 bridgehead atoms. The van der Waals surface area contributed by atoms with Crippen LogP contribution in [0.25, 0.3) is 87.7 Å². The molecule has 0 atom stereocenters. The van der Waals surface area contributed by atoms with E-state index < -0.39 is 5.97 Å². The lowest BCUT2D eigenvalue weighted by Crippen LogP contribution is -2.04. The van der Waals surface area contributed by atoms with Gasteiger partial charge in [0.05, 0.1) is 18.2 Å². The Labute approximate surface area is 330 Å². The number of aromatic carboxylic acids is 1. The summed E-state index contributed by atoms with van der Waals surface area (Å²) < 4.78 is 19.1. The molecule has 55 heavy (non-hydrogen) atoms. The zero-order chi connectivity index (χ0) is 37.8. The van der Waals surface area contributed by atoms with Crippen LogP contribution in [0.1, 0.15) is 20.7 Å². The number of furan rings is 2. The van der Waals surface area contributed by atoms with Gasteiger partial charge in [0, 0.05) is 52.7 Å². The molecule has 0 spiro atoms. The number of carboxylic acid groups (broad SMARTS) is 1. The van der Waals surface area contributed by atoms with Crippen LogP contribution in [0.5, 0.6) is 0 Å². The molecule has 1 N–H and O–H groups in total. The largest absolute Gasteiger partial charge is 0.478 e. The quantitative estimate of drug-likeness (QED) is 0.177. The zero-order valence-corrected chi connectivity index (χ0v) is 32.3. The van der Waals surface area contributed by atoms with Gasteiger partial charge in [-0.05, 0) is 45.8 Å². The highest BCUT2D eigenvalue weighted by Crippen LogP contribution is 2.44. The van der Waals surface area contributed by atoms with Crippen molar-refractivity contribution in [3.63, 3.8) is 0 Å². The van der Waals surface area contributed by atoms with Gasteiger partial charge >= 0.3 is 11.9 Å². The standard InChI is InChI=1S/C24H15BrO3.C23H13BrO3/c1-27-24(26)19-13-20(25)14-7-2-3-9-16(14)22(19)18-11-6-10-17-15-8-4-5-12-21(15)28-23(17)18;24-19-12-18(23(25)26)21(15-8-2-1-6-13(15)19)17-10-5-9-16-14-7-3-4-11-20(14)27-22(16)17/h2-13H,1H3;1-12H,(H,25,26). The number of para-hydroxylation sites is 4. The van der Waals surface area contributed by atoms with Crippen molar-refractivity contribution in [3.8, 4) is 22.3 Å². The fourth-order valence-corrected chi connectivity index (χ4v) is 8.72. The van der Waals surface area contributed by atoms with Crippen molar-refractivity contribution < 1.29 is 28.3 Å². The third-order valence-electron chi connectivity index (χ3n) is 9.97. The van der Waals surface area contributed by atoms with Gasteiger partial charge in [0.2, 0.25) is 0 Å². The predicted octanol–water partition coefficient (Wildman–Crippen LogP) is 13.8. The van der Waals surface area contributed by atoms with E-state index in [2.05, 4.69) is 31.9 Å². The lowest BCUT2D eigenvalue weighted by Gasteiger charge is -2.14. The summed E-state index contributed by atoms with van der Waals surface area (Å²) in [5.41, 5.74) is 6.97. The van der Waals surface area contributed by atoms with Crippen LogP contribution in [0.15, 0.2) is 163 Å². The fourth-order valence-electron chi connectivity index (χ4n) is 7.57. The Balaban J connectivity index is 0.000000144. The first-order valence-electron chi connectivity index (χ1n) is 17.4. The molecule has 0 radical (unpaired) electrons. The van der Waals surface area contributed by atoms with E-state index in [0.29, 0.717) is 16.7 Å². The van der Waals surface area contributed by atoms with Crippen LogP contribution in [0.2, 0.25) is 0 Å². The minimum absolute atomic E-state index is 0.244. The molecule has 0 aliphatic carbocycles. The Morgan fingerprint density at radius 2 is 0.873 bits per heavy atom. The van der Waals surface area contributed by atoms with E-state index in [-0.39, 0.29) is 11.5 Å². The fraction of sp³-hybridized carbons (Fsp3) is 0.0213. The summed E-state index contributed by atoms with van der Waals surface area (Å²) in [6.45, 7) is 0. The molecule has 6 nitrogen and oxygen atoms in total. The third kappa shape index (κ3) is 5.77. The number of esters is 1. The van der Waals surface area contributed by atoms with Crippen molar-refractivity contribution in [2.24, 2.45) is 0 Å². The first kappa shape index (κ1) is 34.5. The van der Waals surface area contributed by atoms with Crippen molar-refractivity contribution in [3.05, 3.63) is 166 Å². The number of carbonyl (C=O) groups is 2. The molecule has 2 heterocycles. The van der Waals surface area contributed by atoms with Gasteiger partial charge in [-0.2, -0.15) is 0 Å². The van der Waals surface area contributed by atoms with E-state index in [0.717, 1.165) is 85.5 Å². The number of hydrogen-bond donors (Lipinski definition) is 1. The Hall–Kier alpha value is -6.22. The predicted molar refractivity (Wildman–Crippen MR) is 227 cm³/mol. The highest BCUT2D eigenvalue weighted by molar-refractivity contribution is 9.11. The van der Waals surface area contributed by atoms with Crippen LogP contribution in [-0.2, 0) is 4.74 Å². The molecule has 8 heteroatoms. The zero-order valence-electron chi connectivity index (χ0n) is 29.1. The van der Waals surface area contributed by atoms with Crippen LogP contribution >= 0.6 is 31.9 Å². The highest BCUT2D eigenvalue weighted by Gasteiger charge is 2.23. The van der Waals surface area contributed by atoms with Crippen LogP contribution in [0.4, 0.5) is 0 Å². The van der Waals surface area contributed by atoms with Crippen molar-refractivity contribution in [1.82, 2.24) is 0 Å². The molecular weight excluding hydrogens is 820 g/mol. The number of methoxy groups -OCH3 is 1. The molecule has 10 aromatic rings. The van der Waals surface area contributed by atoms with Crippen molar-refractivity contribution in [1.29, 1.82) is 0 Å². The molecule has 266 valence electrons. The molecule has 10 rings (SSSR count). The lowest BCUT2D eigenvalue weighted by atomic mass is 9.92. The van der Waals surface area contributed by atoms with Crippen LogP contribution in [-0.4, -0.2) is 24.2 Å². The second kappa shape index (κ2) is 13.9. The van der Waals surface area contributed by atoms with Gasteiger partial charge in [0.15, 0.2) is 0 Å². The van der Waals surface area contributed by atoms with Crippen LogP contribution < -0.4 is 0 Å². The van der Waals surface area contributed by atoms with Crippen LogP contribution in [0.3, 0.4) is 0 Å². The third-order valence-corrected chi connectivity index (χ3v) is 11.3. The maximum atomic E-state index is 12.6. The van der Waals surface area contributed by atoms with Crippen LogP contribution in [0, 0.1) is 0 Å². The van der Waals surface area contributed by atoms with Gasteiger partial charge in [-0.1, -0.05) is 153 Å². The van der Waals surface area contributed by atoms with Crippen molar-refractivity contribution in [2.75, 3.05) is 7.11 Å². The van der Waals surface area contributed by atoms with E-state index in [1.807, 2.05) is 140 Å². The molecule has 0 fully saturated rings. The van der Waals surface area contributed by atoms with Gasteiger partial charge in [0.25, 0.3) is 0 Å². The maximum absolute atomic E-state index is 12.6. The van der Waals surface area contributed by atoms with Gasteiger partial charge in [-0.15, -0.1) is 0 Å². The number of carboxylic acids is 1. The van der Waals surface area contributed by atoms with E-state index in [4.69, 9.17) is 13.6 Å². The number of carbonyl (C=O) groups excluding carboxylic acids is 1. The Kier molecular flexibility index (Phi) is 8.72. The first-order chi connectivity index (χ1) is 26.8. The van der Waals surface area contributed by atoms with Gasteiger partial charge < -0.3 is 18.7 Å². The van der Waals surface area contributed by atoms with Crippen molar-refractivity contribution >= 4 is 109 Å². The number of hydrogen-bond acceptors (Lipinski definition) is 5. The lowest BCUT2D eigenvalue weighted by molar-refractivity contribution is 0.0600. The van der Waals surface area contributed by atoms with E-state index in [1.54, 1.807) is 6.07 Å². The van der Waals surface area contributed by atoms with Gasteiger partial charge in [0.1, 0.15) is 22.3 Å². The first-order valence-corrected chi connectivity index (χ1v) is 19.0. The summed E-state index contributed by atoms with van der Waals surface area (Å²) >= 11 is 7.11. The summed E-state index contributed by atoms with van der Waals surface area (Å²) in [5, 5.41) is 17.8. The van der Waals surface area contributed by atoms with Crippen molar-refractivity contribution in [2.45, 2.75) is 0 Å². The molecule has 0 aliphatic heterocycles. The molecule has 0 unspecified atom stereocenters. The van der Waals surface area contributed by atoms with E-state index in [1.165, 1.54) is 7.11 Å². The summed E-state index contributed by atoms with van der Waals surface area (Å²) in [7, 11) is 1.40. The molecular formula is C47H28Br2O6. The van der Waals surface area contributed by atoms with E-state index in [9.17, 15) is 14.7 Å². The monoisotopic (exact) mass is 846 g/mol. The normalized spacial score (nSPS) is 11.4. The molecule has 0 saturated carbocycles. The van der Waals surface area contributed by atoms with Gasteiger partial charge in [-0.25, -0.2) is 9.59 Å². The number of fused-ring (bicyclic) bond motifs is 8. The average Bonchev–Trinajstić information content (AvgIpc) is 3.80. The number of benzene rings is 8.